The zero-order chi connectivity index (χ0) is 17.7. The molecular weight excluding hydrogens is 302 g/mol. The summed E-state index contributed by atoms with van der Waals surface area (Å²) in [4.78, 5) is 25.2. The molecule has 1 aromatic rings. The molecule has 0 aliphatic heterocycles. The Morgan fingerprint density at radius 1 is 1.29 bits per heavy atom. The number of rotatable bonds is 6. The number of anilines is 1. The molecule has 2 rings (SSSR count). The largest absolute Gasteiger partial charge is 0.348 e. The molecule has 1 aliphatic carbocycles. The first kappa shape index (κ1) is 18.6. The van der Waals surface area contributed by atoms with E-state index in [1.165, 1.54) is 32.1 Å². The van der Waals surface area contributed by atoms with Gasteiger partial charge in [0.25, 0.3) is 0 Å². The average Bonchev–Trinajstić information content (AvgIpc) is 2.53. The average molecular weight is 333 g/mol. The van der Waals surface area contributed by atoms with Crippen LogP contribution in [0.2, 0.25) is 0 Å². The van der Waals surface area contributed by atoms with Crippen molar-refractivity contribution in [3.8, 4) is 0 Å². The molecule has 0 radical (unpaired) electrons. The second-order valence-electron chi connectivity index (χ2n) is 7.14. The lowest BCUT2D eigenvalue weighted by Crippen LogP contribution is -2.36. The maximum Gasteiger partial charge on any atom is 0.234 e. The number of amides is 1. The highest BCUT2D eigenvalue weighted by Gasteiger charge is 2.21. The molecule has 1 N–H and O–H groups in total. The molecule has 1 aromatic heterocycles. The minimum Gasteiger partial charge on any atom is -0.348 e. The molecule has 0 spiro atoms. The lowest BCUT2D eigenvalue weighted by atomic mass is 9.95. The quantitative estimate of drug-likeness (QED) is 0.865. The van der Waals surface area contributed by atoms with E-state index in [1.54, 1.807) is 0 Å². The third-order valence-electron chi connectivity index (χ3n) is 4.75. The Morgan fingerprint density at radius 3 is 2.54 bits per heavy atom. The molecule has 0 aromatic carbocycles. The van der Waals surface area contributed by atoms with E-state index in [2.05, 4.69) is 22.2 Å². The lowest BCUT2D eigenvalue weighted by Gasteiger charge is -2.31. The zero-order valence-corrected chi connectivity index (χ0v) is 15.7. The smallest absolute Gasteiger partial charge is 0.234 e. The second-order valence-corrected chi connectivity index (χ2v) is 7.14. The lowest BCUT2D eigenvalue weighted by molar-refractivity contribution is -0.122. The minimum atomic E-state index is -0.0912. The molecular formula is C18H31N5O. The number of aryl methyl sites for hydroxylation is 1. The summed E-state index contributed by atoms with van der Waals surface area (Å²) in [6, 6.07) is 0.452. The monoisotopic (exact) mass is 333 g/mol. The van der Waals surface area contributed by atoms with E-state index in [-0.39, 0.29) is 11.9 Å². The van der Waals surface area contributed by atoms with E-state index in [9.17, 15) is 4.79 Å². The van der Waals surface area contributed by atoms with Crippen LogP contribution in [-0.4, -0.2) is 54.5 Å². The second kappa shape index (κ2) is 8.42. The number of carbonyl (C=O) groups is 1. The van der Waals surface area contributed by atoms with Crippen molar-refractivity contribution in [1.82, 2.24) is 20.2 Å². The maximum absolute atomic E-state index is 11.9. The molecule has 0 unspecified atom stereocenters. The van der Waals surface area contributed by atoms with E-state index < -0.39 is 0 Å². The van der Waals surface area contributed by atoms with E-state index in [0.29, 0.717) is 12.6 Å². The van der Waals surface area contributed by atoms with Gasteiger partial charge in [0.1, 0.15) is 0 Å². The molecule has 1 aliphatic rings. The molecule has 1 heterocycles. The number of hydrogen-bond donors (Lipinski definition) is 1. The molecule has 6 heteroatoms. The first-order valence-electron chi connectivity index (χ1n) is 8.89. The highest BCUT2D eigenvalue weighted by atomic mass is 16.2. The van der Waals surface area contributed by atoms with E-state index in [0.717, 1.165) is 17.2 Å². The number of hydrogen-bond acceptors (Lipinski definition) is 5. The van der Waals surface area contributed by atoms with Crippen LogP contribution in [0.1, 0.15) is 56.3 Å². The first-order valence-corrected chi connectivity index (χ1v) is 8.89. The zero-order valence-electron chi connectivity index (χ0n) is 15.7. The fourth-order valence-corrected chi connectivity index (χ4v) is 3.34. The van der Waals surface area contributed by atoms with Gasteiger partial charge in [-0.3, -0.25) is 4.79 Å². The summed E-state index contributed by atoms with van der Waals surface area (Å²) in [5, 5.41) is 3.01. The summed E-state index contributed by atoms with van der Waals surface area (Å²) in [7, 11) is 5.86. The number of aromatic nitrogens is 2. The molecule has 0 saturated heterocycles. The Labute approximate surface area is 145 Å². The molecule has 6 nitrogen and oxygen atoms in total. The third-order valence-corrected chi connectivity index (χ3v) is 4.75. The van der Waals surface area contributed by atoms with Gasteiger partial charge in [-0.05, 0) is 40.8 Å². The molecule has 1 atom stereocenters. The van der Waals surface area contributed by atoms with Crippen molar-refractivity contribution in [2.75, 3.05) is 32.6 Å². The summed E-state index contributed by atoms with van der Waals surface area (Å²) in [5.41, 5.74) is 1.91. The highest BCUT2D eigenvalue weighted by molar-refractivity contribution is 5.78. The molecule has 1 saturated carbocycles. The van der Waals surface area contributed by atoms with Crippen LogP contribution in [0.25, 0.3) is 0 Å². The Bertz CT molecular complexity index is 554. The number of carbonyl (C=O) groups excluding carboxylic acids is 1. The summed E-state index contributed by atoms with van der Waals surface area (Å²) in [5.74, 6) is 0.797. The van der Waals surface area contributed by atoms with Crippen molar-refractivity contribution in [3.05, 3.63) is 17.5 Å². The van der Waals surface area contributed by atoms with Gasteiger partial charge in [0, 0.05) is 30.5 Å². The highest BCUT2D eigenvalue weighted by Crippen LogP contribution is 2.25. The van der Waals surface area contributed by atoms with Crippen LogP contribution in [0, 0.1) is 6.92 Å². The number of likely N-dealkylation sites (N-methyl/N-ethyl adjacent to an activating group) is 1. The van der Waals surface area contributed by atoms with Gasteiger partial charge >= 0.3 is 0 Å². The Morgan fingerprint density at radius 2 is 1.96 bits per heavy atom. The van der Waals surface area contributed by atoms with Crippen molar-refractivity contribution in [2.24, 2.45) is 0 Å². The molecule has 0 bridgehead atoms. The van der Waals surface area contributed by atoms with Gasteiger partial charge in [0.15, 0.2) is 0 Å². The first-order chi connectivity index (χ1) is 11.4. The molecule has 1 fully saturated rings. The minimum absolute atomic E-state index is 0.00954. The summed E-state index contributed by atoms with van der Waals surface area (Å²) in [6.45, 7) is 4.35. The Kier molecular flexibility index (Phi) is 6.54. The SMILES string of the molecule is Cc1nc(N(C)C2CCCCC2)ncc1[C@@H](C)NC(=O)CN(C)C. The van der Waals surface area contributed by atoms with Gasteiger partial charge in [0.2, 0.25) is 11.9 Å². The Hall–Kier alpha value is -1.69. The molecule has 134 valence electrons. The van der Waals surface area contributed by atoms with Gasteiger partial charge < -0.3 is 15.1 Å². The van der Waals surface area contributed by atoms with Crippen LogP contribution >= 0.6 is 0 Å². The van der Waals surface area contributed by atoms with Gasteiger partial charge in [-0.15, -0.1) is 0 Å². The van der Waals surface area contributed by atoms with E-state index in [4.69, 9.17) is 4.98 Å². The predicted octanol–water partition coefficient (Wildman–Crippen LogP) is 2.29. The van der Waals surface area contributed by atoms with Crippen molar-refractivity contribution in [3.63, 3.8) is 0 Å². The fourth-order valence-electron chi connectivity index (χ4n) is 3.34. The Balaban J connectivity index is 2.04. The fraction of sp³-hybridized carbons (Fsp3) is 0.722. The van der Waals surface area contributed by atoms with Gasteiger partial charge in [0.05, 0.1) is 12.6 Å². The van der Waals surface area contributed by atoms with Gasteiger partial charge in [-0.2, -0.15) is 0 Å². The summed E-state index contributed by atoms with van der Waals surface area (Å²) >= 11 is 0. The van der Waals surface area contributed by atoms with Crippen LogP contribution in [-0.2, 0) is 4.79 Å². The normalized spacial score (nSPS) is 16.9. The van der Waals surface area contributed by atoms with Crippen molar-refractivity contribution < 1.29 is 4.79 Å². The van der Waals surface area contributed by atoms with Crippen molar-refractivity contribution >= 4 is 11.9 Å². The standard InChI is InChI=1S/C18H31N5O/c1-13(20-17(24)12-22(3)4)16-11-19-18(21-14(16)2)23(5)15-9-7-6-8-10-15/h11,13,15H,6-10,12H2,1-5H3,(H,20,24)/t13-/m1/s1. The van der Waals surface area contributed by atoms with Crippen molar-refractivity contribution in [1.29, 1.82) is 0 Å². The van der Waals surface area contributed by atoms with Crippen LogP contribution in [0.3, 0.4) is 0 Å². The van der Waals surface area contributed by atoms with Crippen LogP contribution in [0.5, 0.6) is 0 Å². The summed E-state index contributed by atoms with van der Waals surface area (Å²) in [6.07, 6.45) is 8.22. The third kappa shape index (κ3) is 4.90. The van der Waals surface area contributed by atoms with Gasteiger partial charge in [-0.1, -0.05) is 19.3 Å². The molecule has 24 heavy (non-hydrogen) atoms. The summed E-state index contributed by atoms with van der Waals surface area (Å²) < 4.78 is 0. The van der Waals surface area contributed by atoms with E-state index >= 15 is 0 Å². The number of nitrogens with one attached hydrogen (secondary N) is 1. The molecule has 1 amide bonds. The number of nitrogens with zero attached hydrogens (tertiary/aromatic N) is 4. The maximum atomic E-state index is 11.9. The topological polar surface area (TPSA) is 61.4 Å². The van der Waals surface area contributed by atoms with Crippen molar-refractivity contribution in [2.45, 2.75) is 58.0 Å². The van der Waals surface area contributed by atoms with Crippen LogP contribution in [0.15, 0.2) is 6.20 Å². The predicted molar refractivity (Wildman–Crippen MR) is 97.2 cm³/mol. The van der Waals surface area contributed by atoms with Crippen LogP contribution < -0.4 is 10.2 Å². The van der Waals surface area contributed by atoms with E-state index in [1.807, 2.05) is 39.0 Å². The van der Waals surface area contributed by atoms with Crippen LogP contribution in [0.4, 0.5) is 5.95 Å². The van der Waals surface area contributed by atoms with Gasteiger partial charge in [-0.25, -0.2) is 9.97 Å².